The molecule has 0 radical (unpaired) electrons. The molecule has 3 heterocycles. The van der Waals surface area contributed by atoms with Crippen LogP contribution in [0.1, 0.15) is 67.5 Å². The van der Waals surface area contributed by atoms with Gasteiger partial charge >= 0.3 is 0 Å². The maximum Gasteiger partial charge on any atom is 0.255 e. The van der Waals surface area contributed by atoms with Crippen molar-refractivity contribution < 1.29 is 9.21 Å². The van der Waals surface area contributed by atoms with Crippen LogP contribution >= 0.6 is 0 Å². The number of hydrogen-bond donors (Lipinski definition) is 1. The molecule has 1 saturated heterocycles. The highest BCUT2D eigenvalue weighted by Gasteiger charge is 2.26. The molecule has 0 atom stereocenters. The standard InChI is InChI=1S/C22H33N5O2/c1-16-18(21(28)23-11-14-26(2)17-9-5-3-6-10-17)19-20(24-15-25-22(19)29-16)27-12-7-4-8-13-27/h15,17H,3-14H2,1-2H3,(H,23,28). The average molecular weight is 400 g/mol. The third-order valence-electron chi connectivity index (χ3n) is 6.48. The van der Waals surface area contributed by atoms with Gasteiger partial charge in [-0.25, -0.2) is 9.97 Å². The molecule has 2 aromatic rings. The Morgan fingerprint density at radius 2 is 1.90 bits per heavy atom. The Bertz CT molecular complexity index is 837. The smallest absolute Gasteiger partial charge is 0.255 e. The van der Waals surface area contributed by atoms with E-state index in [1.54, 1.807) is 0 Å². The van der Waals surface area contributed by atoms with E-state index in [4.69, 9.17) is 4.42 Å². The summed E-state index contributed by atoms with van der Waals surface area (Å²) in [5.74, 6) is 1.35. The van der Waals surface area contributed by atoms with Crippen molar-refractivity contribution >= 4 is 22.8 Å². The summed E-state index contributed by atoms with van der Waals surface area (Å²) in [6.45, 7) is 5.25. The van der Waals surface area contributed by atoms with Crippen molar-refractivity contribution in [2.45, 2.75) is 64.3 Å². The lowest BCUT2D eigenvalue weighted by Gasteiger charge is -2.31. The molecule has 1 aliphatic heterocycles. The Hall–Kier alpha value is -2.15. The summed E-state index contributed by atoms with van der Waals surface area (Å²) in [6.07, 6.45) is 11.6. The number of carbonyl (C=O) groups excluding carboxylic acids is 1. The summed E-state index contributed by atoms with van der Waals surface area (Å²) >= 11 is 0. The van der Waals surface area contributed by atoms with Crippen LogP contribution in [0, 0.1) is 6.92 Å². The van der Waals surface area contributed by atoms with Gasteiger partial charge in [0.25, 0.3) is 5.91 Å². The maximum atomic E-state index is 13.1. The second-order valence-corrected chi connectivity index (χ2v) is 8.49. The van der Waals surface area contributed by atoms with Gasteiger partial charge in [0.15, 0.2) is 0 Å². The van der Waals surface area contributed by atoms with Crippen molar-refractivity contribution in [1.82, 2.24) is 20.2 Å². The van der Waals surface area contributed by atoms with E-state index >= 15 is 0 Å². The normalized spacial score (nSPS) is 18.5. The van der Waals surface area contributed by atoms with Crippen LogP contribution in [-0.2, 0) is 0 Å². The first-order valence-electron chi connectivity index (χ1n) is 11.1. The molecule has 1 amide bonds. The number of nitrogens with one attached hydrogen (secondary N) is 1. The Balaban J connectivity index is 1.47. The van der Waals surface area contributed by atoms with E-state index < -0.39 is 0 Å². The van der Waals surface area contributed by atoms with Crippen LogP contribution in [0.3, 0.4) is 0 Å². The van der Waals surface area contributed by atoms with E-state index in [9.17, 15) is 4.79 Å². The van der Waals surface area contributed by atoms with Gasteiger partial charge in [0.2, 0.25) is 5.71 Å². The molecule has 0 aromatic carbocycles. The number of furan rings is 1. The molecule has 4 rings (SSSR count). The third kappa shape index (κ3) is 4.39. The van der Waals surface area contributed by atoms with Gasteiger partial charge in [-0.1, -0.05) is 19.3 Å². The van der Waals surface area contributed by atoms with Crippen molar-refractivity contribution in [3.63, 3.8) is 0 Å². The molecule has 158 valence electrons. The van der Waals surface area contributed by atoms with E-state index in [-0.39, 0.29) is 5.91 Å². The minimum atomic E-state index is -0.0913. The zero-order chi connectivity index (χ0) is 20.2. The second kappa shape index (κ2) is 9.11. The van der Waals surface area contributed by atoms with Crippen molar-refractivity contribution in [2.75, 3.05) is 38.1 Å². The summed E-state index contributed by atoms with van der Waals surface area (Å²) < 4.78 is 5.83. The van der Waals surface area contributed by atoms with E-state index in [0.29, 0.717) is 29.6 Å². The highest BCUT2D eigenvalue weighted by Crippen LogP contribution is 2.32. The van der Waals surface area contributed by atoms with Gasteiger partial charge in [-0.15, -0.1) is 0 Å². The van der Waals surface area contributed by atoms with Crippen LogP contribution in [0.25, 0.3) is 11.1 Å². The maximum absolute atomic E-state index is 13.1. The summed E-state index contributed by atoms with van der Waals surface area (Å²) in [4.78, 5) is 26.5. The first kappa shape index (κ1) is 20.1. The molecule has 2 aromatic heterocycles. The first-order chi connectivity index (χ1) is 14.1. The van der Waals surface area contributed by atoms with E-state index in [1.807, 2.05) is 6.92 Å². The Kier molecular flexibility index (Phi) is 6.33. The summed E-state index contributed by atoms with van der Waals surface area (Å²) in [6, 6.07) is 0.649. The fourth-order valence-electron chi connectivity index (χ4n) is 4.79. The topological polar surface area (TPSA) is 74.5 Å². The van der Waals surface area contributed by atoms with E-state index in [1.165, 1.54) is 44.9 Å². The molecule has 1 N–H and O–H groups in total. The second-order valence-electron chi connectivity index (χ2n) is 8.49. The van der Waals surface area contributed by atoms with E-state index in [2.05, 4.69) is 32.1 Å². The molecular formula is C22H33N5O2. The molecule has 1 aliphatic carbocycles. The molecule has 2 aliphatic rings. The van der Waals surface area contributed by atoms with Gasteiger partial charge in [-0.3, -0.25) is 4.79 Å². The number of nitrogens with zero attached hydrogens (tertiary/aromatic N) is 4. The molecule has 0 spiro atoms. The largest absolute Gasteiger partial charge is 0.442 e. The number of anilines is 1. The number of likely N-dealkylation sites (N-methyl/N-ethyl adjacent to an activating group) is 1. The van der Waals surface area contributed by atoms with E-state index in [0.717, 1.165) is 43.7 Å². The molecule has 7 nitrogen and oxygen atoms in total. The van der Waals surface area contributed by atoms with Crippen LogP contribution in [0.15, 0.2) is 10.7 Å². The average Bonchev–Trinajstić information content (AvgIpc) is 3.10. The zero-order valence-electron chi connectivity index (χ0n) is 17.7. The zero-order valence-corrected chi connectivity index (χ0v) is 17.7. The quantitative estimate of drug-likeness (QED) is 0.801. The van der Waals surface area contributed by atoms with Gasteiger partial charge in [0.1, 0.15) is 17.9 Å². The molecule has 2 fully saturated rings. The van der Waals surface area contributed by atoms with Crippen LogP contribution < -0.4 is 10.2 Å². The van der Waals surface area contributed by atoms with Crippen molar-refractivity contribution in [3.05, 3.63) is 17.7 Å². The lowest BCUT2D eigenvalue weighted by atomic mass is 9.94. The van der Waals surface area contributed by atoms with Crippen molar-refractivity contribution in [2.24, 2.45) is 0 Å². The Labute approximate surface area is 172 Å². The predicted molar refractivity (Wildman–Crippen MR) is 114 cm³/mol. The van der Waals surface area contributed by atoms with Gasteiger partial charge < -0.3 is 19.5 Å². The number of aromatic nitrogens is 2. The Morgan fingerprint density at radius 1 is 1.17 bits per heavy atom. The third-order valence-corrected chi connectivity index (χ3v) is 6.48. The number of carbonyl (C=O) groups is 1. The number of rotatable bonds is 6. The summed E-state index contributed by atoms with van der Waals surface area (Å²) in [5, 5.41) is 3.86. The minimum Gasteiger partial charge on any atom is -0.442 e. The molecule has 0 bridgehead atoms. The highest BCUT2D eigenvalue weighted by atomic mass is 16.3. The number of amides is 1. The van der Waals surface area contributed by atoms with Crippen LogP contribution in [-0.4, -0.2) is 60.0 Å². The van der Waals surface area contributed by atoms with Gasteiger partial charge in [-0.2, -0.15) is 0 Å². The van der Waals surface area contributed by atoms with Gasteiger partial charge in [0, 0.05) is 32.2 Å². The summed E-state index contributed by atoms with van der Waals surface area (Å²) in [7, 11) is 2.17. The van der Waals surface area contributed by atoms with Crippen molar-refractivity contribution in [3.8, 4) is 0 Å². The summed E-state index contributed by atoms with van der Waals surface area (Å²) in [5.41, 5.74) is 1.09. The lowest BCUT2D eigenvalue weighted by Crippen LogP contribution is -2.39. The lowest BCUT2D eigenvalue weighted by molar-refractivity contribution is 0.0944. The number of aryl methyl sites for hydroxylation is 1. The molecular weight excluding hydrogens is 366 g/mol. The molecule has 7 heteroatoms. The van der Waals surface area contributed by atoms with Gasteiger partial charge in [-0.05, 0) is 46.1 Å². The van der Waals surface area contributed by atoms with Crippen LogP contribution in [0.4, 0.5) is 5.82 Å². The van der Waals surface area contributed by atoms with Gasteiger partial charge in [0.05, 0.1) is 10.9 Å². The number of fused-ring (bicyclic) bond motifs is 1. The highest BCUT2D eigenvalue weighted by molar-refractivity contribution is 6.10. The van der Waals surface area contributed by atoms with Crippen LogP contribution in [0.2, 0.25) is 0 Å². The fourth-order valence-corrected chi connectivity index (χ4v) is 4.79. The molecule has 0 unspecified atom stereocenters. The predicted octanol–water partition coefficient (Wildman–Crippen LogP) is 3.52. The SMILES string of the molecule is Cc1oc2ncnc(N3CCCCC3)c2c1C(=O)NCCN(C)C1CCCCC1. The number of hydrogen-bond acceptors (Lipinski definition) is 6. The minimum absolute atomic E-state index is 0.0913. The van der Waals surface area contributed by atoms with Crippen molar-refractivity contribution in [1.29, 1.82) is 0 Å². The van der Waals surface area contributed by atoms with Crippen LogP contribution in [0.5, 0.6) is 0 Å². The Morgan fingerprint density at radius 3 is 2.66 bits per heavy atom. The first-order valence-corrected chi connectivity index (χ1v) is 11.1. The molecule has 1 saturated carbocycles. The molecule has 29 heavy (non-hydrogen) atoms. The monoisotopic (exact) mass is 399 g/mol. The fraction of sp³-hybridized carbons (Fsp3) is 0.682. The number of piperidine rings is 1.